The van der Waals surface area contributed by atoms with Gasteiger partial charge in [0.25, 0.3) is 5.56 Å². The summed E-state index contributed by atoms with van der Waals surface area (Å²) < 4.78 is 6.62. The van der Waals surface area contributed by atoms with Gasteiger partial charge in [-0.05, 0) is 12.2 Å². The smallest absolute Gasteiger partial charge is 0.251 e. The molecule has 4 unspecified atom stereocenters. The first kappa shape index (κ1) is 13.9. The number of H-pyrrole nitrogens is 1. The van der Waals surface area contributed by atoms with Crippen molar-refractivity contribution in [3.63, 3.8) is 0 Å². The monoisotopic (exact) mass is 284 g/mol. The number of aromatic amines is 1. The van der Waals surface area contributed by atoms with E-state index in [-0.39, 0.29) is 4.77 Å². The molecule has 7 nitrogen and oxygen atoms in total. The second-order valence-electron chi connectivity index (χ2n) is 4.15. The summed E-state index contributed by atoms with van der Waals surface area (Å²) >= 11 is 4.94. The standard InChI is InChI=1S/C11H12N2O5S/c1-2-11(5-14)8(17)7(16)9(18-11)13-4-3-6(15)12-10(13)19/h1,3-4,7-9,14,16-17H,5H2,(H,12,15,19). The molecule has 0 aliphatic carbocycles. The molecule has 19 heavy (non-hydrogen) atoms. The van der Waals surface area contributed by atoms with Gasteiger partial charge in [0.05, 0.1) is 6.61 Å². The summed E-state index contributed by atoms with van der Waals surface area (Å²) in [5.74, 6) is 2.14. The van der Waals surface area contributed by atoms with Crippen LogP contribution in [-0.2, 0) is 4.74 Å². The Labute approximate surface area is 113 Å². The number of aliphatic hydroxyl groups excluding tert-OH is 3. The van der Waals surface area contributed by atoms with Crippen LogP contribution < -0.4 is 5.56 Å². The number of hydrogen-bond acceptors (Lipinski definition) is 6. The predicted molar refractivity (Wildman–Crippen MR) is 66.7 cm³/mol. The molecule has 0 bridgehead atoms. The number of nitrogens with zero attached hydrogens (tertiary/aromatic N) is 1. The first-order valence-electron chi connectivity index (χ1n) is 5.39. The molecule has 102 valence electrons. The summed E-state index contributed by atoms with van der Waals surface area (Å²) in [6.45, 7) is -0.658. The van der Waals surface area contributed by atoms with Gasteiger partial charge in [-0.15, -0.1) is 6.42 Å². The van der Waals surface area contributed by atoms with Gasteiger partial charge < -0.3 is 20.1 Å². The molecule has 4 atom stereocenters. The van der Waals surface area contributed by atoms with Gasteiger partial charge in [0.15, 0.2) is 16.6 Å². The molecule has 1 aromatic rings. The third-order valence-corrected chi connectivity index (χ3v) is 3.34. The highest BCUT2D eigenvalue weighted by Gasteiger charge is 2.53. The molecule has 4 N–H and O–H groups in total. The van der Waals surface area contributed by atoms with Gasteiger partial charge in [0.1, 0.15) is 12.2 Å². The summed E-state index contributed by atoms with van der Waals surface area (Å²) in [6, 6.07) is 1.19. The van der Waals surface area contributed by atoms with E-state index in [2.05, 4.69) is 10.9 Å². The quantitative estimate of drug-likeness (QED) is 0.390. The van der Waals surface area contributed by atoms with Crippen LogP contribution in [0.5, 0.6) is 0 Å². The minimum Gasteiger partial charge on any atom is -0.392 e. The zero-order valence-corrected chi connectivity index (χ0v) is 10.5. The number of aromatic nitrogens is 2. The fraction of sp³-hybridized carbons (Fsp3) is 0.455. The Morgan fingerprint density at radius 2 is 2.32 bits per heavy atom. The van der Waals surface area contributed by atoms with Crippen molar-refractivity contribution >= 4 is 12.2 Å². The van der Waals surface area contributed by atoms with Crippen LogP contribution in [0.15, 0.2) is 17.1 Å². The topological polar surface area (TPSA) is 108 Å². The van der Waals surface area contributed by atoms with Gasteiger partial charge in [-0.3, -0.25) is 14.3 Å². The van der Waals surface area contributed by atoms with Crippen molar-refractivity contribution in [2.75, 3.05) is 6.61 Å². The number of nitrogens with one attached hydrogen (secondary N) is 1. The van der Waals surface area contributed by atoms with Crippen LogP contribution in [0.3, 0.4) is 0 Å². The summed E-state index contributed by atoms with van der Waals surface area (Å²) in [6.07, 6.45) is 2.59. The van der Waals surface area contributed by atoms with E-state index < -0.39 is 36.2 Å². The second-order valence-corrected chi connectivity index (χ2v) is 4.54. The van der Waals surface area contributed by atoms with E-state index in [0.717, 1.165) is 0 Å². The number of rotatable bonds is 2. The molecule has 0 saturated carbocycles. The van der Waals surface area contributed by atoms with Crippen molar-refractivity contribution in [2.45, 2.75) is 24.0 Å². The highest BCUT2D eigenvalue weighted by molar-refractivity contribution is 7.71. The van der Waals surface area contributed by atoms with Crippen molar-refractivity contribution in [3.8, 4) is 12.3 Å². The third kappa shape index (κ3) is 2.11. The van der Waals surface area contributed by atoms with Crippen LogP contribution in [0.2, 0.25) is 0 Å². The van der Waals surface area contributed by atoms with Crippen LogP contribution in [0.1, 0.15) is 6.23 Å². The highest BCUT2D eigenvalue weighted by atomic mass is 32.1. The predicted octanol–water partition coefficient (Wildman–Crippen LogP) is -1.48. The van der Waals surface area contributed by atoms with E-state index >= 15 is 0 Å². The van der Waals surface area contributed by atoms with Crippen molar-refractivity contribution in [1.82, 2.24) is 9.55 Å². The third-order valence-electron chi connectivity index (χ3n) is 3.03. The Hall–Kier alpha value is -1.50. The summed E-state index contributed by atoms with van der Waals surface area (Å²) in [4.78, 5) is 13.4. The average molecular weight is 284 g/mol. The largest absolute Gasteiger partial charge is 0.392 e. The fourth-order valence-electron chi connectivity index (χ4n) is 1.93. The SMILES string of the molecule is C#CC1(CO)OC(n2ccc(=O)[nH]c2=S)C(O)C1O. The van der Waals surface area contributed by atoms with E-state index in [9.17, 15) is 20.1 Å². The maximum absolute atomic E-state index is 11.1. The van der Waals surface area contributed by atoms with Gasteiger partial charge in [0, 0.05) is 12.3 Å². The minimum absolute atomic E-state index is 0.00881. The van der Waals surface area contributed by atoms with Gasteiger partial charge >= 0.3 is 0 Å². The van der Waals surface area contributed by atoms with Crippen molar-refractivity contribution in [2.24, 2.45) is 0 Å². The first-order chi connectivity index (χ1) is 8.95. The van der Waals surface area contributed by atoms with Gasteiger partial charge in [-0.25, -0.2) is 0 Å². The van der Waals surface area contributed by atoms with Crippen LogP contribution in [0.4, 0.5) is 0 Å². The first-order valence-corrected chi connectivity index (χ1v) is 5.80. The van der Waals surface area contributed by atoms with Crippen LogP contribution in [0, 0.1) is 17.1 Å². The second kappa shape index (κ2) is 4.88. The maximum atomic E-state index is 11.1. The molecule has 8 heteroatoms. The van der Waals surface area contributed by atoms with Crippen LogP contribution >= 0.6 is 12.2 Å². The Balaban J connectivity index is 2.46. The minimum atomic E-state index is -1.70. The summed E-state index contributed by atoms with van der Waals surface area (Å²) in [5.41, 5.74) is -2.10. The molecular weight excluding hydrogens is 272 g/mol. The lowest BCUT2D eigenvalue weighted by Crippen LogP contribution is -2.44. The maximum Gasteiger partial charge on any atom is 0.251 e. The van der Waals surface area contributed by atoms with Crippen LogP contribution in [0.25, 0.3) is 0 Å². The van der Waals surface area contributed by atoms with E-state index in [4.69, 9.17) is 23.4 Å². The Bertz CT molecular complexity index is 633. The zero-order chi connectivity index (χ0) is 14.2. The molecule has 1 saturated heterocycles. The number of hydrogen-bond donors (Lipinski definition) is 4. The van der Waals surface area contributed by atoms with Gasteiger partial charge in [0.2, 0.25) is 0 Å². The van der Waals surface area contributed by atoms with E-state index in [1.165, 1.54) is 16.8 Å². The van der Waals surface area contributed by atoms with Gasteiger partial charge in [-0.2, -0.15) is 0 Å². The summed E-state index contributed by atoms with van der Waals surface area (Å²) in [7, 11) is 0. The number of terminal acetylenes is 1. The Morgan fingerprint density at radius 3 is 2.79 bits per heavy atom. The van der Waals surface area contributed by atoms with Gasteiger partial charge in [-0.1, -0.05) is 5.92 Å². The fourth-order valence-corrected chi connectivity index (χ4v) is 2.20. The molecule has 2 heterocycles. The zero-order valence-electron chi connectivity index (χ0n) is 9.68. The highest BCUT2D eigenvalue weighted by Crippen LogP contribution is 2.36. The molecular formula is C11H12N2O5S. The molecule has 0 radical (unpaired) electrons. The molecule has 0 amide bonds. The van der Waals surface area contributed by atoms with Crippen molar-refractivity contribution in [3.05, 3.63) is 27.4 Å². The lowest BCUT2D eigenvalue weighted by molar-refractivity contribution is -0.0930. The molecule has 1 aliphatic rings. The van der Waals surface area contributed by atoms with Crippen LogP contribution in [-0.4, -0.2) is 49.3 Å². The lowest BCUT2D eigenvalue weighted by atomic mass is 9.97. The Morgan fingerprint density at radius 1 is 1.63 bits per heavy atom. The van der Waals surface area contributed by atoms with E-state index in [1.807, 2.05) is 0 Å². The number of ether oxygens (including phenoxy) is 1. The molecule has 1 fully saturated rings. The summed E-state index contributed by atoms with van der Waals surface area (Å²) in [5, 5.41) is 29.1. The average Bonchev–Trinajstić information content (AvgIpc) is 2.64. The molecule has 2 rings (SSSR count). The molecule has 1 aliphatic heterocycles. The lowest BCUT2D eigenvalue weighted by Gasteiger charge is -2.23. The molecule has 0 aromatic carbocycles. The molecule has 1 aromatic heterocycles. The van der Waals surface area contributed by atoms with E-state index in [0.29, 0.717) is 0 Å². The molecule has 0 spiro atoms. The van der Waals surface area contributed by atoms with Crippen molar-refractivity contribution in [1.29, 1.82) is 0 Å². The normalized spacial score (nSPS) is 34.1. The van der Waals surface area contributed by atoms with E-state index in [1.54, 1.807) is 0 Å². The number of aliphatic hydroxyl groups is 3. The Kier molecular flexibility index (Phi) is 3.58. The van der Waals surface area contributed by atoms with Crippen molar-refractivity contribution < 1.29 is 20.1 Å².